The first kappa shape index (κ1) is 9.83. The number of carbonyl (C=O) groups is 1. The summed E-state index contributed by atoms with van der Waals surface area (Å²) < 4.78 is 5.58. The van der Waals surface area contributed by atoms with Crippen molar-refractivity contribution in [3.8, 4) is 5.75 Å². The number of fused-ring (bicyclic) bond motifs is 1. The molecule has 4 nitrogen and oxygen atoms in total. The number of rotatable bonds is 2. The van der Waals surface area contributed by atoms with E-state index in [1.807, 2.05) is 19.1 Å². The first-order valence-electron chi connectivity index (χ1n) is 4.90. The van der Waals surface area contributed by atoms with Crippen molar-refractivity contribution in [2.75, 3.05) is 11.9 Å². The van der Waals surface area contributed by atoms with Crippen molar-refractivity contribution in [3.05, 3.63) is 23.8 Å². The van der Waals surface area contributed by atoms with E-state index in [9.17, 15) is 4.79 Å². The second kappa shape index (κ2) is 3.81. The summed E-state index contributed by atoms with van der Waals surface area (Å²) in [4.78, 5) is 10.5. The number of carboxylic acids is 1. The molecule has 0 bridgehead atoms. The lowest BCUT2D eigenvalue weighted by atomic mass is 10.1. The van der Waals surface area contributed by atoms with E-state index < -0.39 is 5.97 Å². The summed E-state index contributed by atoms with van der Waals surface area (Å²) in [5.41, 5.74) is 1.67. The lowest BCUT2D eigenvalue weighted by Crippen LogP contribution is -2.27. The molecule has 1 aliphatic heterocycles. The molecule has 0 spiro atoms. The van der Waals surface area contributed by atoms with Crippen LogP contribution in [0.5, 0.6) is 5.75 Å². The lowest BCUT2D eigenvalue weighted by Gasteiger charge is -2.25. The van der Waals surface area contributed by atoms with Crippen LogP contribution < -0.4 is 10.1 Å². The van der Waals surface area contributed by atoms with E-state index in [0.29, 0.717) is 0 Å². The Balaban J connectivity index is 2.23. The topological polar surface area (TPSA) is 58.6 Å². The number of carboxylic acid groups (broad SMARTS) is 1. The summed E-state index contributed by atoms with van der Waals surface area (Å²) >= 11 is 0. The van der Waals surface area contributed by atoms with Crippen molar-refractivity contribution in [2.45, 2.75) is 19.4 Å². The van der Waals surface area contributed by atoms with Crippen LogP contribution in [-0.4, -0.2) is 23.7 Å². The molecule has 15 heavy (non-hydrogen) atoms. The predicted octanol–water partition coefficient (Wildman–Crippen LogP) is 1.51. The van der Waals surface area contributed by atoms with Crippen LogP contribution in [0.1, 0.15) is 12.5 Å². The van der Waals surface area contributed by atoms with Crippen molar-refractivity contribution < 1.29 is 14.6 Å². The Bertz CT molecular complexity index is 389. The van der Waals surface area contributed by atoms with Gasteiger partial charge in [-0.3, -0.25) is 4.79 Å². The van der Waals surface area contributed by atoms with E-state index in [0.717, 1.165) is 23.5 Å². The normalized spacial score (nSPS) is 18.6. The Morgan fingerprint density at radius 1 is 1.67 bits per heavy atom. The average Bonchev–Trinajstić information content (AvgIpc) is 2.17. The van der Waals surface area contributed by atoms with Crippen LogP contribution in [0, 0.1) is 0 Å². The average molecular weight is 207 g/mol. The molecule has 80 valence electrons. The minimum Gasteiger partial charge on any atom is -0.487 e. The summed E-state index contributed by atoms with van der Waals surface area (Å²) in [5, 5.41) is 11.9. The maximum Gasteiger partial charge on any atom is 0.307 e. The van der Waals surface area contributed by atoms with Crippen molar-refractivity contribution in [1.82, 2.24) is 0 Å². The molecule has 1 aromatic carbocycles. The van der Waals surface area contributed by atoms with Gasteiger partial charge in [0.15, 0.2) is 0 Å². The second-order valence-electron chi connectivity index (χ2n) is 3.71. The van der Waals surface area contributed by atoms with E-state index in [1.165, 1.54) is 0 Å². The highest BCUT2D eigenvalue weighted by molar-refractivity contribution is 5.71. The van der Waals surface area contributed by atoms with Gasteiger partial charge < -0.3 is 15.2 Å². The predicted molar refractivity (Wildman–Crippen MR) is 56.4 cm³/mol. The fraction of sp³-hybridized carbons (Fsp3) is 0.364. The van der Waals surface area contributed by atoms with Gasteiger partial charge in [0.1, 0.15) is 11.9 Å². The third kappa shape index (κ3) is 2.21. The molecule has 2 rings (SSSR count). The zero-order valence-corrected chi connectivity index (χ0v) is 8.49. The second-order valence-corrected chi connectivity index (χ2v) is 3.71. The third-order valence-corrected chi connectivity index (χ3v) is 2.31. The quantitative estimate of drug-likeness (QED) is 0.771. The number of anilines is 1. The number of ether oxygens (including phenoxy) is 1. The first-order chi connectivity index (χ1) is 7.15. The molecule has 0 saturated heterocycles. The molecule has 0 saturated carbocycles. The molecule has 0 aromatic heterocycles. The zero-order valence-electron chi connectivity index (χ0n) is 8.49. The summed E-state index contributed by atoms with van der Waals surface area (Å²) in [5.74, 6) is -0.0251. The van der Waals surface area contributed by atoms with Crippen molar-refractivity contribution in [1.29, 1.82) is 0 Å². The standard InChI is InChI=1S/C11H13NO3/c1-7-6-12-9-4-8(5-11(13)14)2-3-10(9)15-7/h2-4,7,12H,5-6H2,1H3,(H,13,14). The first-order valence-corrected chi connectivity index (χ1v) is 4.90. The van der Waals surface area contributed by atoms with Gasteiger partial charge >= 0.3 is 5.97 Å². The van der Waals surface area contributed by atoms with Crippen LogP contribution in [0.2, 0.25) is 0 Å². The fourth-order valence-electron chi connectivity index (χ4n) is 1.61. The number of hydrogen-bond acceptors (Lipinski definition) is 3. The molecule has 1 aromatic rings. The number of nitrogens with one attached hydrogen (secondary N) is 1. The molecule has 2 N–H and O–H groups in total. The monoisotopic (exact) mass is 207 g/mol. The molecule has 1 aliphatic rings. The van der Waals surface area contributed by atoms with E-state index in [1.54, 1.807) is 6.07 Å². The van der Waals surface area contributed by atoms with Crippen molar-refractivity contribution in [3.63, 3.8) is 0 Å². The lowest BCUT2D eigenvalue weighted by molar-refractivity contribution is -0.136. The summed E-state index contributed by atoms with van der Waals surface area (Å²) in [6.45, 7) is 2.74. The van der Waals surface area contributed by atoms with Gasteiger partial charge in [-0.2, -0.15) is 0 Å². The molecule has 1 atom stereocenters. The van der Waals surface area contributed by atoms with Crippen LogP contribution in [0.15, 0.2) is 18.2 Å². The van der Waals surface area contributed by atoms with Crippen molar-refractivity contribution >= 4 is 11.7 Å². The van der Waals surface area contributed by atoms with Gasteiger partial charge in [-0.15, -0.1) is 0 Å². The van der Waals surface area contributed by atoms with Gasteiger partial charge in [0.2, 0.25) is 0 Å². The maximum atomic E-state index is 10.5. The van der Waals surface area contributed by atoms with E-state index in [-0.39, 0.29) is 12.5 Å². The van der Waals surface area contributed by atoms with Gasteiger partial charge in [-0.1, -0.05) is 6.07 Å². The van der Waals surface area contributed by atoms with E-state index in [4.69, 9.17) is 9.84 Å². The molecule has 4 heteroatoms. The number of aliphatic carboxylic acids is 1. The summed E-state index contributed by atoms with van der Waals surface area (Å²) in [6, 6.07) is 5.43. The third-order valence-electron chi connectivity index (χ3n) is 2.31. The molecule has 0 amide bonds. The van der Waals surface area contributed by atoms with Gasteiger partial charge in [-0.05, 0) is 24.6 Å². The Morgan fingerprint density at radius 3 is 3.20 bits per heavy atom. The van der Waals surface area contributed by atoms with E-state index >= 15 is 0 Å². The van der Waals surface area contributed by atoms with Crippen molar-refractivity contribution in [2.24, 2.45) is 0 Å². The highest BCUT2D eigenvalue weighted by atomic mass is 16.5. The number of benzene rings is 1. The summed E-state index contributed by atoms with van der Waals surface area (Å²) in [7, 11) is 0. The van der Waals surface area contributed by atoms with Crippen LogP contribution in [0.3, 0.4) is 0 Å². The Labute approximate surface area is 87.9 Å². The van der Waals surface area contributed by atoms with Gasteiger partial charge in [-0.25, -0.2) is 0 Å². The highest BCUT2D eigenvalue weighted by Crippen LogP contribution is 2.29. The molecule has 1 heterocycles. The molecule has 1 unspecified atom stereocenters. The minimum absolute atomic E-state index is 0.0461. The van der Waals surface area contributed by atoms with Crippen LogP contribution in [-0.2, 0) is 11.2 Å². The number of hydrogen-bond donors (Lipinski definition) is 2. The van der Waals surface area contributed by atoms with Crippen LogP contribution in [0.25, 0.3) is 0 Å². The van der Waals surface area contributed by atoms with E-state index in [2.05, 4.69) is 5.32 Å². The smallest absolute Gasteiger partial charge is 0.307 e. The molecule has 0 aliphatic carbocycles. The molecular formula is C11H13NO3. The molecule has 0 radical (unpaired) electrons. The van der Waals surface area contributed by atoms with Gasteiger partial charge in [0, 0.05) is 0 Å². The maximum absolute atomic E-state index is 10.5. The Kier molecular flexibility index (Phi) is 2.49. The minimum atomic E-state index is -0.819. The van der Waals surface area contributed by atoms with Crippen LogP contribution >= 0.6 is 0 Å². The molecule has 0 fully saturated rings. The highest BCUT2D eigenvalue weighted by Gasteiger charge is 2.15. The Morgan fingerprint density at radius 2 is 2.47 bits per heavy atom. The fourth-order valence-corrected chi connectivity index (χ4v) is 1.61. The van der Waals surface area contributed by atoms with Gasteiger partial charge in [0.25, 0.3) is 0 Å². The summed E-state index contributed by atoms with van der Waals surface area (Å²) in [6.07, 6.45) is 0.202. The largest absolute Gasteiger partial charge is 0.487 e. The Hall–Kier alpha value is -1.71. The van der Waals surface area contributed by atoms with Gasteiger partial charge in [0.05, 0.1) is 18.7 Å². The molecular weight excluding hydrogens is 194 g/mol. The zero-order chi connectivity index (χ0) is 10.8. The van der Waals surface area contributed by atoms with Crippen LogP contribution in [0.4, 0.5) is 5.69 Å². The SMILES string of the molecule is CC1CNc2cc(CC(=O)O)ccc2O1.